The van der Waals surface area contributed by atoms with Crippen LogP contribution in [0.25, 0.3) is 0 Å². The largest absolute Gasteiger partial charge is 0.396 e. The molecule has 0 aromatic heterocycles. The minimum absolute atomic E-state index is 0.0237. The van der Waals surface area contributed by atoms with Crippen molar-refractivity contribution in [3.63, 3.8) is 0 Å². The van der Waals surface area contributed by atoms with Crippen LogP contribution >= 0.6 is 0 Å². The lowest BCUT2D eigenvalue weighted by Gasteiger charge is -2.31. The summed E-state index contributed by atoms with van der Waals surface area (Å²) < 4.78 is 0. The van der Waals surface area contributed by atoms with E-state index in [2.05, 4.69) is 0 Å². The standard InChI is InChI=1S/C13H17NO2/c15-10-12-7-4-8-14(13(12)16)9-11-5-2-1-3-6-11/h1-3,5-6,12,15H,4,7-10H2. The van der Waals surface area contributed by atoms with Crippen molar-refractivity contribution in [2.24, 2.45) is 5.92 Å². The van der Waals surface area contributed by atoms with Gasteiger partial charge in [-0.1, -0.05) is 30.3 Å². The summed E-state index contributed by atoms with van der Waals surface area (Å²) >= 11 is 0. The van der Waals surface area contributed by atoms with Gasteiger partial charge in [0.05, 0.1) is 12.5 Å². The highest BCUT2D eigenvalue weighted by molar-refractivity contribution is 5.79. The van der Waals surface area contributed by atoms with Crippen molar-refractivity contribution in [1.82, 2.24) is 4.90 Å². The topological polar surface area (TPSA) is 40.5 Å². The van der Waals surface area contributed by atoms with Gasteiger partial charge in [-0.15, -0.1) is 0 Å². The summed E-state index contributed by atoms with van der Waals surface area (Å²) in [5.74, 6) is -0.0879. The summed E-state index contributed by atoms with van der Waals surface area (Å²) in [5, 5.41) is 9.10. The fourth-order valence-electron chi connectivity index (χ4n) is 2.15. The molecule has 0 aliphatic carbocycles. The molecule has 0 radical (unpaired) electrons. The van der Waals surface area contributed by atoms with Crippen molar-refractivity contribution >= 4 is 5.91 Å². The Balaban J connectivity index is 2.02. The molecule has 0 spiro atoms. The second kappa shape index (κ2) is 5.12. The molecular weight excluding hydrogens is 202 g/mol. The van der Waals surface area contributed by atoms with Crippen LogP contribution in [0.5, 0.6) is 0 Å². The molecule has 2 rings (SSSR count). The van der Waals surface area contributed by atoms with Crippen molar-refractivity contribution in [2.45, 2.75) is 19.4 Å². The Bertz CT molecular complexity index is 350. The summed E-state index contributed by atoms with van der Waals surface area (Å²) in [6, 6.07) is 9.98. The number of hydrogen-bond acceptors (Lipinski definition) is 2. The van der Waals surface area contributed by atoms with E-state index < -0.39 is 0 Å². The average Bonchev–Trinajstić information content (AvgIpc) is 2.33. The van der Waals surface area contributed by atoms with Crippen molar-refractivity contribution in [1.29, 1.82) is 0 Å². The Morgan fingerprint density at radius 2 is 2.06 bits per heavy atom. The lowest BCUT2D eigenvalue weighted by atomic mass is 9.97. The summed E-state index contributed by atoms with van der Waals surface area (Å²) in [7, 11) is 0. The van der Waals surface area contributed by atoms with Gasteiger partial charge in [-0.2, -0.15) is 0 Å². The van der Waals surface area contributed by atoms with Crippen LogP contribution in [-0.2, 0) is 11.3 Å². The van der Waals surface area contributed by atoms with Gasteiger partial charge in [0.15, 0.2) is 0 Å². The first kappa shape index (κ1) is 11.1. The van der Waals surface area contributed by atoms with E-state index in [9.17, 15) is 4.79 Å². The molecule has 3 nitrogen and oxygen atoms in total. The molecule has 1 N–H and O–H groups in total. The Kier molecular flexibility index (Phi) is 3.57. The second-order valence-corrected chi connectivity index (χ2v) is 4.27. The first-order valence-electron chi connectivity index (χ1n) is 5.75. The van der Waals surface area contributed by atoms with E-state index in [1.165, 1.54) is 0 Å². The zero-order chi connectivity index (χ0) is 11.4. The van der Waals surface area contributed by atoms with E-state index in [4.69, 9.17) is 5.11 Å². The molecule has 1 aliphatic heterocycles. The van der Waals surface area contributed by atoms with E-state index in [0.717, 1.165) is 24.9 Å². The maximum Gasteiger partial charge on any atom is 0.228 e. The molecule has 0 saturated carbocycles. The predicted molar refractivity (Wildman–Crippen MR) is 61.7 cm³/mol. The molecule has 1 fully saturated rings. The zero-order valence-corrected chi connectivity index (χ0v) is 9.30. The number of piperidine rings is 1. The molecule has 1 atom stereocenters. The van der Waals surface area contributed by atoms with Crippen LogP contribution in [0.3, 0.4) is 0 Å². The van der Waals surface area contributed by atoms with E-state index in [1.807, 2.05) is 35.2 Å². The number of nitrogens with zero attached hydrogens (tertiary/aromatic N) is 1. The zero-order valence-electron chi connectivity index (χ0n) is 9.30. The quantitative estimate of drug-likeness (QED) is 0.835. The van der Waals surface area contributed by atoms with Crippen LogP contribution in [0, 0.1) is 5.92 Å². The van der Waals surface area contributed by atoms with Gasteiger partial charge >= 0.3 is 0 Å². The number of carbonyl (C=O) groups is 1. The molecular formula is C13H17NO2. The molecule has 1 heterocycles. The van der Waals surface area contributed by atoms with Crippen LogP contribution in [0.4, 0.5) is 0 Å². The molecule has 86 valence electrons. The van der Waals surface area contributed by atoms with Crippen molar-refractivity contribution in [3.8, 4) is 0 Å². The van der Waals surface area contributed by atoms with E-state index in [1.54, 1.807) is 0 Å². The van der Waals surface area contributed by atoms with Crippen LogP contribution in [-0.4, -0.2) is 29.1 Å². The Hall–Kier alpha value is -1.35. The van der Waals surface area contributed by atoms with Crippen LogP contribution in [0.15, 0.2) is 30.3 Å². The Morgan fingerprint density at radius 1 is 1.31 bits per heavy atom. The van der Waals surface area contributed by atoms with Crippen LogP contribution < -0.4 is 0 Å². The van der Waals surface area contributed by atoms with Crippen molar-refractivity contribution < 1.29 is 9.90 Å². The first-order chi connectivity index (χ1) is 7.81. The van der Waals surface area contributed by atoms with Crippen molar-refractivity contribution in [2.75, 3.05) is 13.2 Å². The van der Waals surface area contributed by atoms with Gasteiger partial charge in [-0.3, -0.25) is 4.79 Å². The molecule has 0 bridgehead atoms. The molecule has 1 amide bonds. The van der Waals surface area contributed by atoms with Gasteiger partial charge in [-0.25, -0.2) is 0 Å². The second-order valence-electron chi connectivity index (χ2n) is 4.27. The van der Waals surface area contributed by atoms with E-state index >= 15 is 0 Å². The predicted octanol–water partition coefficient (Wildman–Crippen LogP) is 1.42. The number of amides is 1. The molecule has 1 aromatic carbocycles. The molecule has 1 unspecified atom stereocenters. The molecule has 1 aliphatic rings. The summed E-state index contributed by atoms with van der Waals surface area (Å²) in [6.45, 7) is 1.45. The van der Waals surface area contributed by atoms with Crippen LogP contribution in [0.2, 0.25) is 0 Å². The number of benzene rings is 1. The summed E-state index contributed by atoms with van der Waals surface area (Å²) in [6.07, 6.45) is 1.81. The number of carbonyl (C=O) groups excluding carboxylic acids is 1. The normalized spacial score (nSPS) is 21.2. The number of aliphatic hydroxyl groups excluding tert-OH is 1. The fourth-order valence-corrected chi connectivity index (χ4v) is 2.15. The SMILES string of the molecule is O=C1C(CO)CCCN1Cc1ccccc1. The fraction of sp³-hybridized carbons (Fsp3) is 0.462. The minimum Gasteiger partial charge on any atom is -0.396 e. The van der Waals surface area contributed by atoms with Gasteiger partial charge in [0, 0.05) is 13.1 Å². The van der Waals surface area contributed by atoms with Gasteiger partial charge in [0.25, 0.3) is 0 Å². The van der Waals surface area contributed by atoms with Gasteiger partial charge in [0.2, 0.25) is 5.91 Å². The smallest absolute Gasteiger partial charge is 0.228 e. The van der Waals surface area contributed by atoms with E-state index in [0.29, 0.717) is 6.54 Å². The third-order valence-corrected chi connectivity index (χ3v) is 3.08. The maximum absolute atomic E-state index is 11.9. The average molecular weight is 219 g/mol. The maximum atomic E-state index is 11.9. The van der Waals surface area contributed by atoms with Gasteiger partial charge < -0.3 is 10.0 Å². The summed E-state index contributed by atoms with van der Waals surface area (Å²) in [5.41, 5.74) is 1.15. The minimum atomic E-state index is -0.183. The summed E-state index contributed by atoms with van der Waals surface area (Å²) in [4.78, 5) is 13.8. The molecule has 1 aromatic rings. The van der Waals surface area contributed by atoms with Gasteiger partial charge in [0.1, 0.15) is 0 Å². The molecule has 3 heteroatoms. The monoisotopic (exact) mass is 219 g/mol. The Morgan fingerprint density at radius 3 is 2.75 bits per heavy atom. The number of aliphatic hydroxyl groups is 1. The van der Waals surface area contributed by atoms with E-state index in [-0.39, 0.29) is 18.4 Å². The molecule has 1 saturated heterocycles. The number of rotatable bonds is 3. The third kappa shape index (κ3) is 2.42. The number of hydrogen-bond donors (Lipinski definition) is 1. The highest BCUT2D eigenvalue weighted by atomic mass is 16.3. The van der Waals surface area contributed by atoms with Crippen molar-refractivity contribution in [3.05, 3.63) is 35.9 Å². The lowest BCUT2D eigenvalue weighted by molar-refractivity contribution is -0.140. The number of likely N-dealkylation sites (tertiary alicyclic amines) is 1. The van der Waals surface area contributed by atoms with Gasteiger partial charge in [-0.05, 0) is 18.4 Å². The Labute approximate surface area is 95.7 Å². The molecule has 16 heavy (non-hydrogen) atoms. The third-order valence-electron chi connectivity index (χ3n) is 3.08. The highest BCUT2D eigenvalue weighted by Gasteiger charge is 2.27. The first-order valence-corrected chi connectivity index (χ1v) is 5.75. The lowest BCUT2D eigenvalue weighted by Crippen LogP contribution is -2.41. The highest BCUT2D eigenvalue weighted by Crippen LogP contribution is 2.19. The van der Waals surface area contributed by atoms with Crippen LogP contribution in [0.1, 0.15) is 18.4 Å².